The molecular formula is C25H43NO12S. The summed E-state index contributed by atoms with van der Waals surface area (Å²) in [4.78, 5) is 13.2. The summed E-state index contributed by atoms with van der Waals surface area (Å²) >= 11 is 1.19. The van der Waals surface area contributed by atoms with Gasteiger partial charge in [0.1, 0.15) is 49.0 Å². The Morgan fingerprint density at radius 1 is 0.821 bits per heavy atom. The van der Waals surface area contributed by atoms with E-state index in [0.717, 1.165) is 5.56 Å². The van der Waals surface area contributed by atoms with Crippen LogP contribution in [0.2, 0.25) is 0 Å². The van der Waals surface area contributed by atoms with Crippen LogP contribution >= 0.6 is 11.8 Å². The summed E-state index contributed by atoms with van der Waals surface area (Å²) in [6.07, 6.45) is -14.3. The van der Waals surface area contributed by atoms with Crippen LogP contribution in [0, 0.1) is 5.92 Å². The van der Waals surface area contributed by atoms with Gasteiger partial charge in [0.05, 0.1) is 25.4 Å². The normalized spacial score (nSPS) is 18.3. The molecule has 39 heavy (non-hydrogen) atoms. The van der Waals surface area contributed by atoms with Crippen molar-refractivity contribution in [2.45, 2.75) is 68.4 Å². The van der Waals surface area contributed by atoms with Gasteiger partial charge in [-0.05, 0) is 17.7 Å². The average molecular weight is 582 g/mol. The third-order valence-electron chi connectivity index (χ3n) is 5.97. The molecule has 0 spiro atoms. The van der Waals surface area contributed by atoms with E-state index < -0.39 is 75.1 Å². The highest BCUT2D eigenvalue weighted by Crippen LogP contribution is 2.21. The molecule has 0 aliphatic rings. The zero-order valence-electron chi connectivity index (χ0n) is 22.1. The van der Waals surface area contributed by atoms with Crippen LogP contribution in [0.4, 0.5) is 0 Å². The van der Waals surface area contributed by atoms with Crippen molar-refractivity contribution in [2.24, 2.45) is 5.92 Å². The minimum Gasteiger partial charge on any atom is -0.492 e. The number of hydrogen-bond donors (Lipinski definition) is 10. The van der Waals surface area contributed by atoms with Crippen molar-refractivity contribution in [3.05, 3.63) is 29.8 Å². The van der Waals surface area contributed by atoms with E-state index in [1.165, 1.54) is 16.7 Å². The first-order valence-corrected chi connectivity index (χ1v) is 13.6. The number of hydrogen-bond acceptors (Lipinski definition) is 14. The van der Waals surface area contributed by atoms with Crippen LogP contribution in [0.3, 0.4) is 0 Å². The first-order chi connectivity index (χ1) is 18.3. The zero-order chi connectivity index (χ0) is 29.7. The van der Waals surface area contributed by atoms with Crippen molar-refractivity contribution in [3.8, 4) is 5.75 Å². The van der Waals surface area contributed by atoms with Gasteiger partial charge < -0.3 is 55.8 Å². The summed E-state index contributed by atoms with van der Waals surface area (Å²) in [5.41, 5.74) is 0.855. The van der Waals surface area contributed by atoms with Crippen molar-refractivity contribution in [2.75, 3.05) is 39.5 Å². The van der Waals surface area contributed by atoms with E-state index in [2.05, 4.69) is 0 Å². The second-order valence-electron chi connectivity index (χ2n) is 9.61. The lowest BCUT2D eigenvalue weighted by atomic mass is 10.0. The molecule has 13 nitrogen and oxygen atoms in total. The second kappa shape index (κ2) is 18.1. The average Bonchev–Trinajstić information content (AvgIpc) is 2.93. The van der Waals surface area contributed by atoms with Crippen molar-refractivity contribution in [3.63, 3.8) is 0 Å². The molecular weight excluding hydrogens is 538 g/mol. The molecule has 0 aliphatic heterocycles. The van der Waals surface area contributed by atoms with E-state index in [1.54, 1.807) is 18.2 Å². The summed E-state index contributed by atoms with van der Waals surface area (Å²) in [6.45, 7) is 1.14. The highest BCUT2D eigenvalue weighted by atomic mass is 32.2. The number of carbonyl (C=O) groups excluding carboxylic acids is 1. The minimum absolute atomic E-state index is 0.00319. The summed E-state index contributed by atoms with van der Waals surface area (Å²) in [5, 5.41) is 98.0. The molecule has 1 aromatic carbocycles. The van der Waals surface area contributed by atoms with Gasteiger partial charge in [-0.1, -0.05) is 37.7 Å². The lowest BCUT2D eigenvalue weighted by molar-refractivity contribution is -0.130. The fourth-order valence-electron chi connectivity index (χ4n) is 3.47. The topological polar surface area (TPSA) is 232 Å². The van der Waals surface area contributed by atoms with Crippen molar-refractivity contribution < 1.29 is 60.6 Å². The van der Waals surface area contributed by atoms with Gasteiger partial charge in [0.25, 0.3) is 0 Å². The fourth-order valence-corrected chi connectivity index (χ4v) is 4.29. The first kappa shape index (κ1) is 35.6. The number of thioether (sulfide) groups is 1. The van der Waals surface area contributed by atoms with E-state index in [4.69, 9.17) is 14.9 Å². The second-order valence-corrected chi connectivity index (χ2v) is 10.6. The van der Waals surface area contributed by atoms with Gasteiger partial charge >= 0.3 is 0 Å². The number of ether oxygens (including phenoxy) is 1. The van der Waals surface area contributed by atoms with Crippen molar-refractivity contribution in [1.82, 2.24) is 4.90 Å². The number of rotatable bonds is 19. The molecule has 8 atom stereocenters. The highest BCUT2D eigenvalue weighted by Gasteiger charge is 2.34. The van der Waals surface area contributed by atoms with E-state index in [-0.39, 0.29) is 24.2 Å². The van der Waals surface area contributed by atoms with Crippen LogP contribution in [-0.4, -0.2) is 149 Å². The molecule has 0 amide bonds. The molecule has 0 fully saturated rings. The quantitative estimate of drug-likeness (QED) is 0.0770. The van der Waals surface area contributed by atoms with Crippen molar-refractivity contribution >= 4 is 16.9 Å². The summed E-state index contributed by atoms with van der Waals surface area (Å²) in [7, 11) is 0. The maximum atomic E-state index is 11.9. The lowest BCUT2D eigenvalue weighted by Gasteiger charge is -2.33. The number of nitrogens with zero attached hydrogens (tertiary/aromatic N) is 1. The lowest BCUT2D eigenvalue weighted by Crippen LogP contribution is -2.53. The molecule has 226 valence electrons. The Balaban J connectivity index is 2.88. The largest absolute Gasteiger partial charge is 0.492 e. The summed E-state index contributed by atoms with van der Waals surface area (Å²) < 4.78 is 5.75. The maximum Gasteiger partial charge on any atom is 0.191 e. The molecule has 0 aliphatic carbocycles. The molecule has 0 aromatic heterocycles. The molecule has 0 radical (unpaired) electrons. The van der Waals surface area contributed by atoms with E-state index >= 15 is 0 Å². The van der Waals surface area contributed by atoms with Gasteiger partial charge in [0.15, 0.2) is 5.12 Å². The molecule has 1 rings (SSSR count). The highest BCUT2D eigenvalue weighted by molar-refractivity contribution is 8.13. The molecule has 0 saturated carbocycles. The van der Waals surface area contributed by atoms with Gasteiger partial charge in [-0.3, -0.25) is 9.69 Å². The van der Waals surface area contributed by atoms with E-state index in [1.807, 2.05) is 19.9 Å². The van der Waals surface area contributed by atoms with Gasteiger partial charge in [0.2, 0.25) is 0 Å². The molecule has 14 heteroatoms. The van der Waals surface area contributed by atoms with Crippen LogP contribution < -0.4 is 4.74 Å². The molecule has 0 unspecified atom stereocenters. The Hall–Kier alpha value is -1.40. The zero-order valence-corrected chi connectivity index (χ0v) is 22.9. The molecule has 1 aromatic rings. The van der Waals surface area contributed by atoms with E-state index in [9.17, 15) is 45.6 Å². The first-order valence-electron chi connectivity index (χ1n) is 12.6. The smallest absolute Gasteiger partial charge is 0.191 e. The van der Waals surface area contributed by atoms with Crippen LogP contribution in [0.5, 0.6) is 5.75 Å². The van der Waals surface area contributed by atoms with Gasteiger partial charge in [-0.15, -0.1) is 0 Å². The minimum atomic E-state index is -1.87. The number of aliphatic hydroxyl groups excluding tert-OH is 10. The van der Waals surface area contributed by atoms with Gasteiger partial charge in [0, 0.05) is 31.3 Å². The Morgan fingerprint density at radius 2 is 1.31 bits per heavy atom. The summed E-state index contributed by atoms with van der Waals surface area (Å²) in [5.74, 6) is 0.844. The monoisotopic (exact) mass is 581 g/mol. The van der Waals surface area contributed by atoms with Crippen molar-refractivity contribution in [1.29, 1.82) is 0 Å². The standard InChI is InChI=1S/C25H43NO12S/c1-14(2)25(37)39-13-15-4-3-5-16(8-15)38-7-6-26(9-17(29)21(33)23(35)19(31)11-27)10-18(30)22(34)24(36)20(32)12-28/h3-5,8,14,17-24,27-36H,6-7,9-13H2,1-2H3/t17-,18-,19+,20+,21+,22+,23+,24+/m0/s1. The van der Waals surface area contributed by atoms with Gasteiger partial charge in [-0.25, -0.2) is 0 Å². The summed E-state index contributed by atoms with van der Waals surface area (Å²) in [6, 6.07) is 7.04. The molecule has 10 N–H and O–H groups in total. The molecule has 0 saturated heterocycles. The number of aliphatic hydroxyl groups is 10. The molecule has 0 bridgehead atoms. The van der Waals surface area contributed by atoms with Crippen LogP contribution in [0.15, 0.2) is 24.3 Å². The van der Waals surface area contributed by atoms with Crippen LogP contribution in [0.25, 0.3) is 0 Å². The predicted octanol–water partition coefficient (Wildman–Crippen LogP) is -3.34. The fraction of sp³-hybridized carbons (Fsp3) is 0.720. The third kappa shape index (κ3) is 12.3. The number of benzene rings is 1. The van der Waals surface area contributed by atoms with E-state index in [0.29, 0.717) is 11.5 Å². The third-order valence-corrected chi connectivity index (χ3v) is 7.20. The van der Waals surface area contributed by atoms with Crippen LogP contribution in [0.1, 0.15) is 19.4 Å². The molecule has 0 heterocycles. The Bertz CT molecular complexity index is 804. The number of carbonyl (C=O) groups is 1. The SMILES string of the molecule is CC(C)C(=O)SCc1cccc(OCCN(C[C@H](O)[C@@H](O)[C@H](O)[C@H](O)CO)C[C@H](O)[C@@H](O)[C@H](O)[C@H](O)CO)c1. The van der Waals surface area contributed by atoms with Gasteiger partial charge in [-0.2, -0.15) is 0 Å². The van der Waals surface area contributed by atoms with Crippen LogP contribution in [-0.2, 0) is 10.5 Å². The maximum absolute atomic E-state index is 11.9. The Labute approximate surface area is 231 Å². The Kier molecular flexibility index (Phi) is 16.5. The predicted molar refractivity (Wildman–Crippen MR) is 142 cm³/mol. The Morgan fingerprint density at radius 3 is 1.77 bits per heavy atom.